The van der Waals surface area contributed by atoms with Gasteiger partial charge in [-0.3, -0.25) is 0 Å². The molecular formula is C18H30N2. The average molecular weight is 274 g/mol. The molecule has 1 saturated carbocycles. The van der Waals surface area contributed by atoms with Gasteiger partial charge in [-0.15, -0.1) is 0 Å². The van der Waals surface area contributed by atoms with Gasteiger partial charge in [-0.2, -0.15) is 0 Å². The summed E-state index contributed by atoms with van der Waals surface area (Å²) in [5.41, 5.74) is 1.46. The van der Waals surface area contributed by atoms with E-state index in [1.54, 1.807) is 0 Å². The number of likely N-dealkylation sites (N-methyl/N-ethyl adjacent to an activating group) is 1. The lowest BCUT2D eigenvalue weighted by molar-refractivity contribution is 0.277. The van der Waals surface area contributed by atoms with Crippen molar-refractivity contribution in [2.75, 3.05) is 20.6 Å². The fraction of sp³-hybridized carbons (Fsp3) is 0.667. The van der Waals surface area contributed by atoms with Crippen molar-refractivity contribution in [3.63, 3.8) is 0 Å². The van der Waals surface area contributed by atoms with Crippen LogP contribution >= 0.6 is 0 Å². The maximum atomic E-state index is 3.95. The summed E-state index contributed by atoms with van der Waals surface area (Å²) in [7, 11) is 4.34. The number of benzene rings is 1. The molecule has 2 nitrogen and oxygen atoms in total. The molecule has 0 aliphatic heterocycles. The lowest BCUT2D eigenvalue weighted by atomic mass is 9.98. The zero-order valence-corrected chi connectivity index (χ0v) is 13.5. The molecule has 2 heteroatoms. The molecule has 0 heterocycles. The molecule has 1 aromatic rings. The maximum Gasteiger partial charge on any atom is 0.0351 e. The van der Waals surface area contributed by atoms with E-state index in [1.807, 2.05) is 0 Å². The van der Waals surface area contributed by atoms with Crippen molar-refractivity contribution in [2.45, 2.75) is 45.2 Å². The molecule has 1 aromatic carbocycles. The SMILES string of the molecule is CC(C)CC(CN(C)C)NC(c1ccccc1)C1CC1. The third kappa shape index (κ3) is 4.92. The number of nitrogens with zero attached hydrogens (tertiary/aromatic N) is 1. The summed E-state index contributed by atoms with van der Waals surface area (Å²) in [6, 6.07) is 12.1. The lowest BCUT2D eigenvalue weighted by Gasteiger charge is -2.29. The molecule has 2 rings (SSSR count). The minimum Gasteiger partial charge on any atom is -0.308 e. The van der Waals surface area contributed by atoms with Crippen LogP contribution in [0.5, 0.6) is 0 Å². The predicted octanol–water partition coefficient (Wildman–Crippen LogP) is 3.70. The Bertz CT molecular complexity index is 372. The van der Waals surface area contributed by atoms with E-state index in [0.29, 0.717) is 12.1 Å². The molecule has 0 saturated heterocycles. The Hall–Kier alpha value is -0.860. The third-order valence-corrected chi connectivity index (χ3v) is 4.01. The zero-order valence-electron chi connectivity index (χ0n) is 13.5. The number of rotatable bonds is 8. The quantitative estimate of drug-likeness (QED) is 0.777. The summed E-state index contributed by atoms with van der Waals surface area (Å²) in [6.45, 7) is 5.76. The largest absolute Gasteiger partial charge is 0.308 e. The lowest BCUT2D eigenvalue weighted by Crippen LogP contribution is -2.41. The maximum absolute atomic E-state index is 3.95. The minimum atomic E-state index is 0.542. The van der Waals surface area contributed by atoms with Gasteiger partial charge >= 0.3 is 0 Å². The van der Waals surface area contributed by atoms with Crippen molar-refractivity contribution in [3.8, 4) is 0 Å². The van der Waals surface area contributed by atoms with Crippen molar-refractivity contribution < 1.29 is 0 Å². The second-order valence-electron chi connectivity index (χ2n) is 6.98. The monoisotopic (exact) mass is 274 g/mol. The fourth-order valence-electron chi connectivity index (χ4n) is 3.05. The smallest absolute Gasteiger partial charge is 0.0351 e. The van der Waals surface area contributed by atoms with Crippen LogP contribution in [0.25, 0.3) is 0 Å². The van der Waals surface area contributed by atoms with Gasteiger partial charge in [-0.05, 0) is 50.8 Å². The minimum absolute atomic E-state index is 0.542. The Morgan fingerprint density at radius 1 is 1.15 bits per heavy atom. The molecule has 0 aromatic heterocycles. The van der Waals surface area contributed by atoms with Gasteiger partial charge in [0.15, 0.2) is 0 Å². The van der Waals surface area contributed by atoms with Gasteiger partial charge in [-0.1, -0.05) is 44.2 Å². The van der Waals surface area contributed by atoms with Gasteiger partial charge in [-0.25, -0.2) is 0 Å². The van der Waals surface area contributed by atoms with E-state index < -0.39 is 0 Å². The molecule has 2 unspecified atom stereocenters. The Labute approximate surface area is 124 Å². The van der Waals surface area contributed by atoms with Gasteiger partial charge < -0.3 is 10.2 Å². The fourth-order valence-corrected chi connectivity index (χ4v) is 3.05. The molecule has 20 heavy (non-hydrogen) atoms. The first kappa shape index (κ1) is 15.5. The van der Waals surface area contributed by atoms with E-state index in [-0.39, 0.29) is 0 Å². The van der Waals surface area contributed by atoms with Crippen LogP contribution < -0.4 is 5.32 Å². The first-order valence-corrected chi connectivity index (χ1v) is 8.02. The van der Waals surface area contributed by atoms with E-state index in [9.17, 15) is 0 Å². The second-order valence-corrected chi connectivity index (χ2v) is 6.98. The van der Waals surface area contributed by atoms with Crippen LogP contribution in [0, 0.1) is 11.8 Å². The van der Waals surface area contributed by atoms with E-state index >= 15 is 0 Å². The summed E-state index contributed by atoms with van der Waals surface area (Å²) in [5.74, 6) is 1.58. The summed E-state index contributed by atoms with van der Waals surface area (Å²) in [4.78, 5) is 2.30. The van der Waals surface area contributed by atoms with Crippen LogP contribution in [0.15, 0.2) is 30.3 Å². The number of hydrogen-bond acceptors (Lipinski definition) is 2. The first-order chi connectivity index (χ1) is 9.56. The molecule has 0 amide bonds. The van der Waals surface area contributed by atoms with Crippen molar-refractivity contribution >= 4 is 0 Å². The van der Waals surface area contributed by atoms with Gasteiger partial charge in [0.2, 0.25) is 0 Å². The molecular weight excluding hydrogens is 244 g/mol. The normalized spacial score (nSPS) is 18.5. The molecule has 0 radical (unpaired) electrons. The van der Waals surface area contributed by atoms with E-state index in [2.05, 4.69) is 68.5 Å². The topological polar surface area (TPSA) is 15.3 Å². The summed E-state index contributed by atoms with van der Waals surface area (Å²) < 4.78 is 0. The predicted molar refractivity (Wildman–Crippen MR) is 86.8 cm³/mol. The third-order valence-electron chi connectivity index (χ3n) is 4.01. The van der Waals surface area contributed by atoms with Gasteiger partial charge in [0.1, 0.15) is 0 Å². The standard InChI is InChI=1S/C18H30N2/c1-14(2)12-17(13-20(3)4)19-18(16-10-11-16)15-8-6-5-7-9-15/h5-9,14,16-19H,10-13H2,1-4H3. The molecule has 1 aliphatic carbocycles. The van der Waals surface area contributed by atoms with Gasteiger partial charge in [0, 0.05) is 18.6 Å². The van der Waals surface area contributed by atoms with Crippen LogP contribution in [0.4, 0.5) is 0 Å². The molecule has 1 N–H and O–H groups in total. The molecule has 112 valence electrons. The zero-order chi connectivity index (χ0) is 14.5. The van der Waals surface area contributed by atoms with Gasteiger partial charge in [0.05, 0.1) is 0 Å². The molecule has 0 bridgehead atoms. The Kier molecular flexibility index (Phi) is 5.62. The van der Waals surface area contributed by atoms with E-state index in [4.69, 9.17) is 0 Å². The molecule has 1 fully saturated rings. The van der Waals surface area contributed by atoms with Crippen LogP contribution in [-0.4, -0.2) is 31.6 Å². The highest BCUT2D eigenvalue weighted by Gasteiger charge is 2.33. The summed E-state index contributed by atoms with van der Waals surface area (Å²) in [6.07, 6.45) is 4.00. The van der Waals surface area contributed by atoms with Crippen LogP contribution in [-0.2, 0) is 0 Å². The summed E-state index contributed by atoms with van der Waals surface area (Å²) in [5, 5.41) is 3.95. The molecule has 1 aliphatic rings. The van der Waals surface area contributed by atoms with Crippen LogP contribution in [0.1, 0.15) is 44.7 Å². The Morgan fingerprint density at radius 2 is 1.80 bits per heavy atom. The highest BCUT2D eigenvalue weighted by Crippen LogP contribution is 2.41. The number of hydrogen-bond donors (Lipinski definition) is 1. The molecule has 2 atom stereocenters. The van der Waals surface area contributed by atoms with Gasteiger partial charge in [0.25, 0.3) is 0 Å². The second kappa shape index (κ2) is 7.24. The molecule has 0 spiro atoms. The number of nitrogens with one attached hydrogen (secondary N) is 1. The van der Waals surface area contributed by atoms with Crippen LogP contribution in [0.2, 0.25) is 0 Å². The Balaban J connectivity index is 2.04. The highest BCUT2D eigenvalue weighted by atomic mass is 15.1. The summed E-state index contributed by atoms with van der Waals surface area (Å²) >= 11 is 0. The van der Waals surface area contributed by atoms with Crippen molar-refractivity contribution in [3.05, 3.63) is 35.9 Å². The highest BCUT2D eigenvalue weighted by molar-refractivity contribution is 5.21. The average Bonchev–Trinajstić information content (AvgIpc) is 3.19. The van der Waals surface area contributed by atoms with Crippen molar-refractivity contribution in [1.29, 1.82) is 0 Å². The van der Waals surface area contributed by atoms with Crippen LogP contribution in [0.3, 0.4) is 0 Å². The van der Waals surface area contributed by atoms with E-state index in [0.717, 1.165) is 18.4 Å². The first-order valence-electron chi connectivity index (χ1n) is 8.02. The van der Waals surface area contributed by atoms with E-state index in [1.165, 1.54) is 24.8 Å². The Morgan fingerprint density at radius 3 is 2.30 bits per heavy atom. The van der Waals surface area contributed by atoms with Crippen molar-refractivity contribution in [2.24, 2.45) is 11.8 Å². The van der Waals surface area contributed by atoms with Crippen molar-refractivity contribution in [1.82, 2.24) is 10.2 Å².